The molecule has 0 spiro atoms. The van der Waals surface area contributed by atoms with Crippen molar-refractivity contribution in [1.29, 1.82) is 0 Å². The average Bonchev–Trinajstić information content (AvgIpc) is 2.84. The van der Waals surface area contributed by atoms with Gasteiger partial charge >= 0.3 is 5.97 Å². The first kappa shape index (κ1) is 13.6. The van der Waals surface area contributed by atoms with Crippen LogP contribution in [0, 0.1) is 0 Å². The van der Waals surface area contributed by atoms with Crippen molar-refractivity contribution in [2.45, 2.75) is 32.9 Å². The summed E-state index contributed by atoms with van der Waals surface area (Å²) in [7, 11) is 0. The molecule has 110 valence electrons. The molecule has 0 fully saturated rings. The van der Waals surface area contributed by atoms with Gasteiger partial charge in [-0.05, 0) is 39.0 Å². The second kappa shape index (κ2) is 4.87. The van der Waals surface area contributed by atoms with Gasteiger partial charge in [0.15, 0.2) is 5.69 Å². The third kappa shape index (κ3) is 2.07. The van der Waals surface area contributed by atoms with Crippen molar-refractivity contribution in [3.63, 3.8) is 0 Å². The highest BCUT2D eigenvalue weighted by Crippen LogP contribution is 2.28. The molecule has 1 aliphatic rings. The number of pyridine rings is 1. The van der Waals surface area contributed by atoms with Gasteiger partial charge in [0.1, 0.15) is 11.3 Å². The number of hydrogen-bond acceptors (Lipinski definition) is 4. The second-order valence-electron chi connectivity index (χ2n) is 5.23. The van der Waals surface area contributed by atoms with Gasteiger partial charge in [0.2, 0.25) is 0 Å². The maximum Gasteiger partial charge on any atom is 0.356 e. The quantitative estimate of drug-likeness (QED) is 0.856. The number of hydrogen-bond donors (Lipinski definition) is 1. The molecule has 1 amide bonds. The van der Waals surface area contributed by atoms with E-state index in [2.05, 4.69) is 10.3 Å². The molecule has 2 atom stereocenters. The van der Waals surface area contributed by atoms with Crippen LogP contribution in [-0.4, -0.2) is 34.1 Å². The minimum atomic E-state index is -0.448. The Morgan fingerprint density at radius 1 is 1.43 bits per heavy atom. The summed E-state index contributed by atoms with van der Waals surface area (Å²) < 4.78 is 6.87. The smallest absolute Gasteiger partial charge is 0.356 e. The van der Waals surface area contributed by atoms with Crippen molar-refractivity contribution in [2.24, 2.45) is 0 Å². The van der Waals surface area contributed by atoms with Crippen LogP contribution in [0.25, 0.3) is 11.0 Å². The van der Waals surface area contributed by atoms with Crippen molar-refractivity contribution in [1.82, 2.24) is 14.9 Å². The zero-order valence-electron chi connectivity index (χ0n) is 12.2. The van der Waals surface area contributed by atoms with Gasteiger partial charge in [-0.2, -0.15) is 0 Å². The highest BCUT2D eigenvalue weighted by atomic mass is 16.5. The second-order valence-corrected chi connectivity index (χ2v) is 5.23. The Morgan fingerprint density at radius 3 is 2.90 bits per heavy atom. The summed E-state index contributed by atoms with van der Waals surface area (Å²) in [5.74, 6) is -0.563. The largest absolute Gasteiger partial charge is 0.461 e. The summed E-state index contributed by atoms with van der Waals surface area (Å²) in [5, 5.41) is 3.77. The number of aromatic nitrogens is 2. The zero-order chi connectivity index (χ0) is 15.1. The van der Waals surface area contributed by atoms with E-state index in [1.807, 2.05) is 18.4 Å². The highest BCUT2D eigenvalue weighted by molar-refractivity contribution is 6.00. The van der Waals surface area contributed by atoms with Crippen LogP contribution >= 0.6 is 0 Å². The van der Waals surface area contributed by atoms with Crippen molar-refractivity contribution in [3.05, 3.63) is 29.6 Å². The van der Waals surface area contributed by atoms with Crippen LogP contribution in [0.5, 0.6) is 0 Å². The van der Waals surface area contributed by atoms with Crippen molar-refractivity contribution >= 4 is 22.9 Å². The van der Waals surface area contributed by atoms with E-state index in [-0.39, 0.29) is 23.7 Å². The molecule has 2 aromatic rings. The van der Waals surface area contributed by atoms with E-state index in [1.54, 1.807) is 25.1 Å². The van der Waals surface area contributed by atoms with E-state index in [1.165, 1.54) is 0 Å². The molecule has 0 aromatic carbocycles. The number of carbonyl (C=O) groups excluding carboxylic acids is 2. The Balaban J connectivity index is 2.17. The molecule has 21 heavy (non-hydrogen) atoms. The van der Waals surface area contributed by atoms with Crippen LogP contribution in [0.1, 0.15) is 47.8 Å². The molecule has 0 saturated carbocycles. The highest BCUT2D eigenvalue weighted by Gasteiger charge is 2.30. The molecule has 0 bridgehead atoms. The van der Waals surface area contributed by atoms with E-state index < -0.39 is 5.97 Å². The predicted octanol–water partition coefficient (Wildman–Crippen LogP) is 1.91. The Morgan fingerprint density at radius 2 is 2.19 bits per heavy atom. The van der Waals surface area contributed by atoms with Gasteiger partial charge in [-0.1, -0.05) is 0 Å². The molecule has 1 aliphatic heterocycles. The molecule has 0 unspecified atom stereocenters. The van der Waals surface area contributed by atoms with E-state index in [4.69, 9.17) is 4.74 Å². The lowest BCUT2D eigenvalue weighted by atomic mass is 10.1. The van der Waals surface area contributed by atoms with Gasteiger partial charge < -0.3 is 14.6 Å². The number of rotatable bonds is 2. The molecule has 0 saturated heterocycles. The first-order valence-corrected chi connectivity index (χ1v) is 7.03. The predicted molar refractivity (Wildman–Crippen MR) is 77.3 cm³/mol. The summed E-state index contributed by atoms with van der Waals surface area (Å²) in [6.07, 6.45) is 0. The fourth-order valence-corrected chi connectivity index (χ4v) is 2.63. The summed E-state index contributed by atoms with van der Waals surface area (Å²) in [6.45, 7) is 6.03. The van der Waals surface area contributed by atoms with Gasteiger partial charge in [0.25, 0.3) is 5.91 Å². The third-order valence-electron chi connectivity index (χ3n) is 3.89. The number of fused-ring (bicyclic) bond motifs is 3. The lowest BCUT2D eigenvalue weighted by molar-refractivity contribution is 0.0519. The standard InChI is InChI=1S/C15H17N3O3/c1-4-21-15(20)11-6-5-10-7-12-14(19)16-8(2)9(3)18(12)13(10)17-11/h5-9H,4H2,1-3H3,(H,16,19)/t8-,9-/m0/s1. The van der Waals surface area contributed by atoms with Crippen molar-refractivity contribution in [2.75, 3.05) is 6.61 Å². The molecule has 3 rings (SSSR count). The molecule has 6 heteroatoms. The number of amides is 1. The molecular weight excluding hydrogens is 270 g/mol. The van der Waals surface area contributed by atoms with Gasteiger partial charge in [0, 0.05) is 11.4 Å². The van der Waals surface area contributed by atoms with E-state index in [0.717, 1.165) is 5.39 Å². The maximum atomic E-state index is 12.1. The number of nitrogens with one attached hydrogen (secondary N) is 1. The van der Waals surface area contributed by atoms with Crippen LogP contribution in [0.2, 0.25) is 0 Å². The first-order valence-electron chi connectivity index (χ1n) is 7.03. The third-order valence-corrected chi connectivity index (χ3v) is 3.89. The number of ether oxygens (including phenoxy) is 1. The summed E-state index contributed by atoms with van der Waals surface area (Å²) in [6, 6.07) is 5.30. The monoisotopic (exact) mass is 287 g/mol. The lowest BCUT2D eigenvalue weighted by Gasteiger charge is -2.29. The maximum absolute atomic E-state index is 12.1. The lowest BCUT2D eigenvalue weighted by Crippen LogP contribution is -2.44. The fraction of sp³-hybridized carbons (Fsp3) is 0.400. The molecule has 0 aliphatic carbocycles. The van der Waals surface area contributed by atoms with Gasteiger partial charge in [-0.15, -0.1) is 0 Å². The topological polar surface area (TPSA) is 73.2 Å². The Kier molecular flexibility index (Phi) is 3.16. The molecule has 1 N–H and O–H groups in total. The van der Waals surface area contributed by atoms with E-state index in [9.17, 15) is 9.59 Å². The normalized spacial score (nSPS) is 21.0. The fourth-order valence-electron chi connectivity index (χ4n) is 2.63. The minimum absolute atomic E-state index is 0.00801. The van der Waals surface area contributed by atoms with Crippen LogP contribution in [-0.2, 0) is 4.74 Å². The zero-order valence-corrected chi connectivity index (χ0v) is 12.2. The van der Waals surface area contributed by atoms with E-state index in [0.29, 0.717) is 17.9 Å². The average molecular weight is 287 g/mol. The molecule has 2 aromatic heterocycles. The Labute approximate surface area is 122 Å². The van der Waals surface area contributed by atoms with Crippen molar-refractivity contribution in [3.8, 4) is 0 Å². The number of esters is 1. The van der Waals surface area contributed by atoms with Crippen molar-refractivity contribution < 1.29 is 14.3 Å². The first-order chi connectivity index (χ1) is 10.0. The summed E-state index contributed by atoms with van der Waals surface area (Å²) in [4.78, 5) is 28.3. The molecule has 3 heterocycles. The SMILES string of the molecule is CCOC(=O)c1ccc2cc3n(c2n1)[C@@H](C)[C@H](C)NC3=O. The van der Waals surface area contributed by atoms with Gasteiger partial charge in [-0.25, -0.2) is 9.78 Å². The van der Waals surface area contributed by atoms with Crippen LogP contribution in [0.3, 0.4) is 0 Å². The molecular formula is C15H17N3O3. The number of nitrogens with zero attached hydrogens (tertiary/aromatic N) is 2. The van der Waals surface area contributed by atoms with E-state index >= 15 is 0 Å². The number of carbonyl (C=O) groups is 2. The molecule has 0 radical (unpaired) electrons. The molecule has 6 nitrogen and oxygen atoms in total. The van der Waals surface area contributed by atoms with Crippen LogP contribution in [0.4, 0.5) is 0 Å². The summed E-state index contributed by atoms with van der Waals surface area (Å²) >= 11 is 0. The van der Waals surface area contributed by atoms with Gasteiger partial charge in [0.05, 0.1) is 12.6 Å². The summed E-state index contributed by atoms with van der Waals surface area (Å²) in [5.41, 5.74) is 1.48. The minimum Gasteiger partial charge on any atom is -0.461 e. The van der Waals surface area contributed by atoms with Gasteiger partial charge in [-0.3, -0.25) is 4.79 Å². The Hall–Kier alpha value is -2.37. The van der Waals surface area contributed by atoms with Crippen LogP contribution < -0.4 is 5.32 Å². The van der Waals surface area contributed by atoms with Crippen LogP contribution in [0.15, 0.2) is 18.2 Å². The Bertz CT molecular complexity index is 735.